The molecule has 13 N–H and O–H groups in total. The molecule has 0 saturated heterocycles. The number of hydrogen-bond donors (Lipinski definition) is 11. The van der Waals surface area contributed by atoms with Crippen molar-refractivity contribution < 1.29 is 53.1 Å². The summed E-state index contributed by atoms with van der Waals surface area (Å²) in [6, 6.07) is -0.127. The highest BCUT2D eigenvalue weighted by atomic mass is 16.4. The Balaban J connectivity index is 3.20. The quantitative estimate of drug-likeness (QED) is 0.0417. The van der Waals surface area contributed by atoms with Crippen LogP contribution in [0, 0.1) is 17.8 Å². The van der Waals surface area contributed by atoms with Gasteiger partial charge in [0.15, 0.2) is 0 Å². The number of carbonyl (C=O) groups excluding carboxylic acids is 9. The van der Waals surface area contributed by atoms with Crippen LogP contribution >= 0.6 is 0 Å². The van der Waals surface area contributed by atoms with Gasteiger partial charge in [-0.15, -0.1) is 0 Å². The van der Waals surface area contributed by atoms with Gasteiger partial charge in [0.25, 0.3) is 0 Å². The van der Waals surface area contributed by atoms with E-state index in [-0.39, 0.29) is 25.3 Å². The molecule has 21 nitrogen and oxygen atoms in total. The maximum atomic E-state index is 13.9. The van der Waals surface area contributed by atoms with E-state index in [1.54, 1.807) is 71.9 Å². The van der Waals surface area contributed by atoms with Gasteiger partial charge in [-0.05, 0) is 56.0 Å². The number of unbranched alkanes of at least 4 members (excludes halogenated alkanes) is 1. The molecule has 9 amide bonds. The highest BCUT2D eigenvalue weighted by molar-refractivity contribution is 5.98. The Bertz CT molecular complexity index is 1740. The molecule has 8 atom stereocenters. The van der Waals surface area contributed by atoms with Gasteiger partial charge >= 0.3 is 5.97 Å². The number of amides is 9. The van der Waals surface area contributed by atoms with Crippen molar-refractivity contribution in [1.29, 1.82) is 0 Å². The van der Waals surface area contributed by atoms with Crippen LogP contribution in [-0.4, -0.2) is 120 Å². The number of nitrogens with two attached hydrogens (primary N) is 2. The second-order valence-corrected chi connectivity index (χ2v) is 16.2. The first-order valence-corrected chi connectivity index (χ1v) is 21.1. The third-order valence-electron chi connectivity index (χ3n) is 10.1. The highest BCUT2D eigenvalue weighted by Crippen LogP contribution is 2.11. The average molecular weight is 889 g/mol. The number of nitrogens with one attached hydrogen (secondary N) is 8. The van der Waals surface area contributed by atoms with E-state index in [2.05, 4.69) is 42.5 Å². The second kappa shape index (κ2) is 27.7. The molecule has 352 valence electrons. The second-order valence-electron chi connectivity index (χ2n) is 16.2. The normalized spacial score (nSPS) is 14.8. The molecule has 1 rings (SSSR count). The van der Waals surface area contributed by atoms with Gasteiger partial charge in [-0.2, -0.15) is 0 Å². The molecule has 1 aromatic rings. The maximum Gasteiger partial charge on any atom is 0.326 e. The van der Waals surface area contributed by atoms with E-state index in [0.29, 0.717) is 24.8 Å². The van der Waals surface area contributed by atoms with Crippen molar-refractivity contribution in [2.75, 3.05) is 13.1 Å². The Morgan fingerprint density at radius 1 is 0.619 bits per heavy atom. The van der Waals surface area contributed by atoms with Crippen LogP contribution in [0.3, 0.4) is 0 Å². The van der Waals surface area contributed by atoms with Crippen LogP contribution in [0.2, 0.25) is 0 Å². The number of carboxylic acid groups (broad SMARTS) is 1. The molecule has 63 heavy (non-hydrogen) atoms. The minimum atomic E-state index is -1.59. The van der Waals surface area contributed by atoms with E-state index in [1.165, 1.54) is 13.8 Å². The van der Waals surface area contributed by atoms with Gasteiger partial charge in [-0.1, -0.05) is 78.3 Å². The highest BCUT2D eigenvalue weighted by Gasteiger charge is 2.34. The molecular formula is C42H68N10O11. The molecule has 0 unspecified atom stereocenters. The summed E-state index contributed by atoms with van der Waals surface area (Å²) in [4.78, 5) is 129. The topological polar surface area (TPSA) is 339 Å². The monoisotopic (exact) mass is 889 g/mol. The lowest BCUT2D eigenvalue weighted by Crippen LogP contribution is -2.59. The zero-order valence-corrected chi connectivity index (χ0v) is 37.5. The third kappa shape index (κ3) is 20.1. The molecular weight excluding hydrogens is 821 g/mol. The molecule has 0 aliphatic carbocycles. The molecule has 0 spiro atoms. The lowest BCUT2D eigenvalue weighted by Gasteiger charge is -2.27. The lowest BCUT2D eigenvalue weighted by molar-refractivity contribution is -0.144. The van der Waals surface area contributed by atoms with E-state index in [9.17, 15) is 53.1 Å². The van der Waals surface area contributed by atoms with Gasteiger partial charge in [0.05, 0.1) is 13.0 Å². The van der Waals surface area contributed by atoms with Gasteiger partial charge in [0, 0.05) is 13.3 Å². The molecule has 0 fully saturated rings. The van der Waals surface area contributed by atoms with E-state index in [0.717, 1.165) is 0 Å². The Kier molecular flexibility index (Phi) is 24.2. The molecule has 0 saturated carbocycles. The van der Waals surface area contributed by atoms with Crippen LogP contribution in [-0.2, 0) is 54.4 Å². The number of rotatable bonds is 28. The van der Waals surface area contributed by atoms with E-state index in [4.69, 9.17) is 11.5 Å². The molecule has 1 aromatic carbocycles. The van der Waals surface area contributed by atoms with Crippen LogP contribution < -0.4 is 54.0 Å². The number of hydrogen-bond acceptors (Lipinski definition) is 11. The van der Waals surface area contributed by atoms with Crippen LogP contribution in [0.15, 0.2) is 30.3 Å². The number of primary amides is 1. The zero-order chi connectivity index (χ0) is 48.0. The van der Waals surface area contributed by atoms with Crippen LogP contribution in [0.4, 0.5) is 0 Å². The van der Waals surface area contributed by atoms with Crippen molar-refractivity contribution in [3.05, 3.63) is 35.9 Å². The van der Waals surface area contributed by atoms with Crippen molar-refractivity contribution in [2.24, 2.45) is 29.2 Å². The molecule has 0 heterocycles. The first-order chi connectivity index (χ1) is 29.5. The van der Waals surface area contributed by atoms with Crippen LogP contribution in [0.5, 0.6) is 0 Å². The Hall–Kier alpha value is -6.12. The molecule has 21 heteroatoms. The van der Waals surface area contributed by atoms with Crippen molar-refractivity contribution in [3.63, 3.8) is 0 Å². The molecule has 0 aliphatic heterocycles. The Labute approximate surface area is 368 Å². The fourth-order valence-corrected chi connectivity index (χ4v) is 6.18. The lowest BCUT2D eigenvalue weighted by atomic mass is 9.98. The summed E-state index contributed by atoms with van der Waals surface area (Å²) in [5.41, 5.74) is 11.7. The largest absolute Gasteiger partial charge is 0.480 e. The van der Waals surface area contributed by atoms with Crippen molar-refractivity contribution in [3.8, 4) is 0 Å². The van der Waals surface area contributed by atoms with Gasteiger partial charge in [0.1, 0.15) is 42.3 Å². The van der Waals surface area contributed by atoms with Gasteiger partial charge < -0.3 is 59.1 Å². The number of carbonyl (C=O) groups is 10. The summed E-state index contributed by atoms with van der Waals surface area (Å²) in [5, 5.41) is 29.8. The summed E-state index contributed by atoms with van der Waals surface area (Å²) >= 11 is 0. The first-order valence-electron chi connectivity index (χ1n) is 21.1. The standard InChI is InChI=1S/C42H68N10O11/c1-9-24(6)35(42(62)63)52-39(59)30(20-31(44)54)50-37(57)28(17-13-14-18-43)49-38(58)29(19-27-15-11-10-12-16-27)48-32(55)21-45-36(56)25(7)46-40(60)34(23(4)5)51-41(61)33(22(2)3)47-26(8)53/h10-12,15-16,22-25,28-30,33-35H,9,13-14,17-21,43H2,1-8H3,(H2,44,54)(H,45,56)(H,46,60)(H,47,53)(H,48,55)(H,49,58)(H,50,57)(H,51,61)(H,52,59)(H,62,63)/t24-,25-,28-,29-,30-,33-,34-,35-/m0/s1. The smallest absolute Gasteiger partial charge is 0.326 e. The summed E-state index contributed by atoms with van der Waals surface area (Å²) in [6.45, 7) is 12.4. The summed E-state index contributed by atoms with van der Waals surface area (Å²) in [7, 11) is 0. The average Bonchev–Trinajstić information content (AvgIpc) is 3.21. The fourth-order valence-electron chi connectivity index (χ4n) is 6.18. The van der Waals surface area contributed by atoms with E-state index < -0.39 is 126 Å². The fraction of sp³-hybridized carbons (Fsp3) is 0.619. The molecule has 0 radical (unpaired) electrons. The van der Waals surface area contributed by atoms with Crippen LogP contribution in [0.1, 0.15) is 93.1 Å². The van der Waals surface area contributed by atoms with E-state index in [1.807, 2.05) is 0 Å². The summed E-state index contributed by atoms with van der Waals surface area (Å²) in [6.07, 6.45) is 0.469. The predicted octanol–water partition coefficient (Wildman–Crippen LogP) is -1.77. The maximum absolute atomic E-state index is 13.9. The third-order valence-corrected chi connectivity index (χ3v) is 10.1. The van der Waals surface area contributed by atoms with E-state index >= 15 is 0 Å². The summed E-state index contributed by atoms with van der Waals surface area (Å²) < 4.78 is 0. The molecule has 0 aliphatic rings. The van der Waals surface area contributed by atoms with Crippen LogP contribution in [0.25, 0.3) is 0 Å². The number of carboxylic acids is 1. The predicted molar refractivity (Wildman–Crippen MR) is 232 cm³/mol. The minimum absolute atomic E-state index is 0.0188. The number of aliphatic carboxylic acids is 1. The minimum Gasteiger partial charge on any atom is -0.480 e. The summed E-state index contributed by atoms with van der Waals surface area (Å²) in [5.74, 6) is -9.43. The van der Waals surface area contributed by atoms with Crippen molar-refractivity contribution in [2.45, 2.75) is 136 Å². The number of benzene rings is 1. The Morgan fingerprint density at radius 3 is 1.67 bits per heavy atom. The van der Waals surface area contributed by atoms with Gasteiger partial charge in [-0.25, -0.2) is 4.79 Å². The molecule has 0 bridgehead atoms. The van der Waals surface area contributed by atoms with Gasteiger partial charge in [0.2, 0.25) is 53.2 Å². The van der Waals surface area contributed by atoms with Crippen molar-refractivity contribution in [1.82, 2.24) is 42.5 Å². The van der Waals surface area contributed by atoms with Gasteiger partial charge in [-0.3, -0.25) is 43.2 Å². The zero-order valence-electron chi connectivity index (χ0n) is 37.5. The SMILES string of the molecule is CC[C@H](C)[C@H](NC(=O)[C@H](CC(N)=O)NC(=O)[C@H](CCCCN)NC(=O)[C@H](Cc1ccccc1)NC(=O)CNC(=O)[C@H](C)NC(=O)[C@@H](NC(=O)[C@@H](NC(C)=O)C(C)C)C(C)C)C(=O)O. The molecule has 0 aromatic heterocycles. The Morgan fingerprint density at radius 2 is 1.14 bits per heavy atom. The first kappa shape index (κ1) is 54.9. The van der Waals surface area contributed by atoms with Crippen molar-refractivity contribution >= 4 is 59.1 Å².